The van der Waals surface area contributed by atoms with E-state index in [0.717, 1.165) is 22.1 Å². The molecule has 1 amide bonds. The first-order chi connectivity index (χ1) is 10.6. The van der Waals surface area contributed by atoms with Gasteiger partial charge in [0.2, 0.25) is 5.91 Å². The molecule has 0 aliphatic heterocycles. The van der Waals surface area contributed by atoms with Gasteiger partial charge in [-0.15, -0.1) is 0 Å². The molecule has 1 atom stereocenters. The molecule has 0 fully saturated rings. The third kappa shape index (κ3) is 4.85. The molecule has 3 heteroatoms. The first kappa shape index (κ1) is 16.5. The molecule has 2 aromatic carbocycles. The maximum Gasteiger partial charge on any atom is 0.248 e. The molecular formula is C19H20BrNO. The van der Waals surface area contributed by atoms with Crippen molar-refractivity contribution in [3.8, 4) is 0 Å². The molecule has 2 rings (SSSR count). The Balaban J connectivity index is 1.95. The second-order valence-electron chi connectivity index (χ2n) is 5.31. The van der Waals surface area contributed by atoms with Crippen molar-refractivity contribution >= 4 is 33.6 Å². The zero-order chi connectivity index (χ0) is 15.9. The van der Waals surface area contributed by atoms with E-state index < -0.39 is 0 Å². The van der Waals surface area contributed by atoms with Gasteiger partial charge in [0.05, 0.1) is 0 Å². The van der Waals surface area contributed by atoms with Crippen molar-refractivity contribution in [1.82, 2.24) is 0 Å². The van der Waals surface area contributed by atoms with E-state index in [4.69, 9.17) is 0 Å². The number of anilines is 1. The summed E-state index contributed by atoms with van der Waals surface area (Å²) in [5, 5.41) is 2.87. The molecule has 0 saturated carbocycles. The molecule has 114 valence electrons. The summed E-state index contributed by atoms with van der Waals surface area (Å²) >= 11 is 3.39. The summed E-state index contributed by atoms with van der Waals surface area (Å²) in [6.07, 6.45) is 4.46. The number of rotatable bonds is 5. The predicted molar refractivity (Wildman–Crippen MR) is 97.0 cm³/mol. The van der Waals surface area contributed by atoms with Gasteiger partial charge in [0.15, 0.2) is 0 Å². The van der Waals surface area contributed by atoms with Crippen LogP contribution >= 0.6 is 15.9 Å². The quantitative estimate of drug-likeness (QED) is 0.691. The Kier molecular flexibility index (Phi) is 5.96. The lowest BCUT2D eigenvalue weighted by molar-refractivity contribution is -0.111. The molecule has 0 heterocycles. The van der Waals surface area contributed by atoms with E-state index in [1.54, 1.807) is 12.2 Å². The van der Waals surface area contributed by atoms with Gasteiger partial charge in [0.1, 0.15) is 0 Å². The summed E-state index contributed by atoms with van der Waals surface area (Å²) in [6.45, 7) is 4.38. The van der Waals surface area contributed by atoms with E-state index in [9.17, 15) is 4.79 Å². The van der Waals surface area contributed by atoms with Gasteiger partial charge in [0, 0.05) is 16.2 Å². The average molecular weight is 358 g/mol. The molecule has 2 aromatic rings. The summed E-state index contributed by atoms with van der Waals surface area (Å²) in [4.78, 5) is 11.9. The van der Waals surface area contributed by atoms with Crippen molar-refractivity contribution in [3.05, 3.63) is 70.2 Å². The Hall–Kier alpha value is -1.87. The van der Waals surface area contributed by atoms with E-state index >= 15 is 0 Å². The molecule has 0 bridgehead atoms. The fourth-order valence-corrected chi connectivity index (χ4v) is 2.32. The molecule has 0 radical (unpaired) electrons. The lowest BCUT2D eigenvalue weighted by Gasteiger charge is -2.09. The SMILES string of the molecule is CCC(C)c1ccc(NC(=O)/C=C/c2ccc(Br)cc2)cc1. The fourth-order valence-electron chi connectivity index (χ4n) is 2.06. The zero-order valence-corrected chi connectivity index (χ0v) is 14.4. The number of carbonyl (C=O) groups excluding carboxylic acids is 1. The van der Waals surface area contributed by atoms with Crippen molar-refractivity contribution in [1.29, 1.82) is 0 Å². The van der Waals surface area contributed by atoms with E-state index in [1.807, 2.05) is 36.4 Å². The highest BCUT2D eigenvalue weighted by Crippen LogP contribution is 2.20. The van der Waals surface area contributed by atoms with Gasteiger partial charge < -0.3 is 5.32 Å². The summed E-state index contributed by atoms with van der Waals surface area (Å²) in [5.41, 5.74) is 3.11. The van der Waals surface area contributed by atoms with Crippen molar-refractivity contribution < 1.29 is 4.79 Å². The lowest BCUT2D eigenvalue weighted by Crippen LogP contribution is -2.07. The summed E-state index contributed by atoms with van der Waals surface area (Å²) in [5.74, 6) is 0.418. The van der Waals surface area contributed by atoms with Crippen molar-refractivity contribution in [2.75, 3.05) is 5.32 Å². The van der Waals surface area contributed by atoms with E-state index in [2.05, 4.69) is 47.2 Å². The third-order valence-corrected chi connectivity index (χ3v) is 4.19. The predicted octanol–water partition coefficient (Wildman–Crippen LogP) is 5.61. The van der Waals surface area contributed by atoms with E-state index in [-0.39, 0.29) is 5.91 Å². The maximum atomic E-state index is 11.9. The van der Waals surface area contributed by atoms with Crippen molar-refractivity contribution in [2.24, 2.45) is 0 Å². The van der Waals surface area contributed by atoms with Gasteiger partial charge in [0.25, 0.3) is 0 Å². The highest BCUT2D eigenvalue weighted by atomic mass is 79.9. The maximum absolute atomic E-state index is 11.9. The number of hydrogen-bond acceptors (Lipinski definition) is 1. The Morgan fingerprint density at radius 3 is 2.36 bits per heavy atom. The van der Waals surface area contributed by atoms with Crippen LogP contribution in [0.25, 0.3) is 6.08 Å². The number of benzene rings is 2. The normalized spacial score (nSPS) is 12.3. The van der Waals surface area contributed by atoms with Gasteiger partial charge in [-0.3, -0.25) is 4.79 Å². The van der Waals surface area contributed by atoms with Gasteiger partial charge in [-0.2, -0.15) is 0 Å². The van der Waals surface area contributed by atoms with Crippen LogP contribution < -0.4 is 5.32 Å². The molecule has 0 saturated heterocycles. The Labute approximate surface area is 140 Å². The van der Waals surface area contributed by atoms with Gasteiger partial charge in [-0.05, 0) is 53.8 Å². The Morgan fingerprint density at radius 1 is 1.14 bits per heavy atom. The second kappa shape index (κ2) is 7.95. The Morgan fingerprint density at radius 2 is 1.77 bits per heavy atom. The van der Waals surface area contributed by atoms with Crippen molar-refractivity contribution in [3.63, 3.8) is 0 Å². The number of carbonyl (C=O) groups is 1. The summed E-state index contributed by atoms with van der Waals surface area (Å²) < 4.78 is 1.02. The van der Waals surface area contributed by atoms with Gasteiger partial charge >= 0.3 is 0 Å². The van der Waals surface area contributed by atoms with E-state index in [1.165, 1.54) is 5.56 Å². The molecule has 22 heavy (non-hydrogen) atoms. The smallest absolute Gasteiger partial charge is 0.248 e. The topological polar surface area (TPSA) is 29.1 Å². The minimum absolute atomic E-state index is 0.126. The van der Waals surface area contributed by atoms with E-state index in [0.29, 0.717) is 5.92 Å². The number of nitrogens with one attached hydrogen (secondary N) is 1. The molecule has 0 aromatic heterocycles. The molecule has 2 nitrogen and oxygen atoms in total. The molecular weight excluding hydrogens is 338 g/mol. The standard InChI is InChI=1S/C19H20BrNO/c1-3-14(2)16-7-11-18(12-8-16)21-19(22)13-6-15-4-9-17(20)10-5-15/h4-14H,3H2,1-2H3,(H,21,22)/b13-6+. The molecule has 1 N–H and O–H groups in total. The van der Waals surface area contributed by atoms with Crippen molar-refractivity contribution in [2.45, 2.75) is 26.2 Å². The molecule has 0 spiro atoms. The highest BCUT2D eigenvalue weighted by Gasteiger charge is 2.03. The van der Waals surface area contributed by atoms with Crippen LogP contribution in [0.15, 0.2) is 59.1 Å². The average Bonchev–Trinajstić information content (AvgIpc) is 2.54. The van der Waals surface area contributed by atoms with Crippen LogP contribution in [0.1, 0.15) is 37.3 Å². The Bertz CT molecular complexity index is 644. The second-order valence-corrected chi connectivity index (χ2v) is 6.22. The molecule has 0 aliphatic rings. The van der Waals surface area contributed by atoms with Crippen LogP contribution in [-0.2, 0) is 4.79 Å². The monoisotopic (exact) mass is 357 g/mol. The fraction of sp³-hybridized carbons (Fsp3) is 0.211. The van der Waals surface area contributed by atoms with Crippen LogP contribution in [0.2, 0.25) is 0 Å². The first-order valence-electron chi connectivity index (χ1n) is 7.43. The van der Waals surface area contributed by atoms with Gasteiger partial charge in [-0.25, -0.2) is 0 Å². The van der Waals surface area contributed by atoms with Crippen LogP contribution in [0.5, 0.6) is 0 Å². The largest absolute Gasteiger partial charge is 0.323 e. The number of halogens is 1. The minimum atomic E-state index is -0.126. The lowest BCUT2D eigenvalue weighted by atomic mass is 9.99. The van der Waals surface area contributed by atoms with Crippen LogP contribution in [0.3, 0.4) is 0 Å². The molecule has 0 aliphatic carbocycles. The molecule has 1 unspecified atom stereocenters. The summed E-state index contributed by atoms with van der Waals surface area (Å²) in [7, 11) is 0. The van der Waals surface area contributed by atoms with Crippen LogP contribution in [0.4, 0.5) is 5.69 Å². The third-order valence-electron chi connectivity index (χ3n) is 3.66. The first-order valence-corrected chi connectivity index (χ1v) is 8.22. The highest BCUT2D eigenvalue weighted by molar-refractivity contribution is 9.10. The summed E-state index contributed by atoms with van der Waals surface area (Å²) in [6, 6.07) is 15.9. The van der Waals surface area contributed by atoms with Gasteiger partial charge in [-0.1, -0.05) is 54.0 Å². The number of amides is 1. The number of hydrogen-bond donors (Lipinski definition) is 1. The zero-order valence-electron chi connectivity index (χ0n) is 12.8. The van der Waals surface area contributed by atoms with Crippen LogP contribution in [-0.4, -0.2) is 5.91 Å². The minimum Gasteiger partial charge on any atom is -0.323 e. The van der Waals surface area contributed by atoms with Crippen LogP contribution in [0, 0.1) is 0 Å².